The van der Waals surface area contributed by atoms with Crippen LogP contribution in [0.1, 0.15) is 18.1 Å². The maximum atomic E-state index is 12.0. The zero-order valence-electron chi connectivity index (χ0n) is 12.0. The highest BCUT2D eigenvalue weighted by molar-refractivity contribution is 7.99. The van der Waals surface area contributed by atoms with Crippen LogP contribution in [0.3, 0.4) is 0 Å². The molecule has 0 saturated heterocycles. The van der Waals surface area contributed by atoms with Crippen molar-refractivity contribution in [3.05, 3.63) is 40.9 Å². The molecule has 0 spiro atoms. The highest BCUT2D eigenvalue weighted by atomic mass is 35.5. The summed E-state index contributed by atoms with van der Waals surface area (Å²) in [5.41, 5.74) is 0. The van der Waals surface area contributed by atoms with E-state index in [0.717, 1.165) is 15.7 Å². The fraction of sp³-hybridized carbons (Fsp3) is 0.357. The first kappa shape index (κ1) is 15.9. The van der Waals surface area contributed by atoms with E-state index in [1.54, 1.807) is 23.7 Å². The maximum Gasteiger partial charge on any atom is 0.223 e. The number of halogens is 1. The van der Waals surface area contributed by atoms with Gasteiger partial charge < -0.3 is 4.90 Å². The molecule has 0 aliphatic carbocycles. The number of hydrogen-bond acceptors (Lipinski definition) is 4. The van der Waals surface area contributed by atoms with Gasteiger partial charge in [-0.3, -0.25) is 9.89 Å². The third kappa shape index (κ3) is 4.75. The van der Waals surface area contributed by atoms with Crippen molar-refractivity contribution >= 4 is 29.3 Å². The van der Waals surface area contributed by atoms with Crippen LogP contribution in [0.2, 0.25) is 5.02 Å². The Balaban J connectivity index is 1.77. The van der Waals surface area contributed by atoms with Crippen LogP contribution < -0.4 is 0 Å². The fourth-order valence-corrected chi connectivity index (χ4v) is 2.94. The molecule has 0 atom stereocenters. The second kappa shape index (κ2) is 7.47. The first-order valence-corrected chi connectivity index (χ1v) is 7.92. The molecule has 0 aliphatic rings. The van der Waals surface area contributed by atoms with Gasteiger partial charge in [0.25, 0.3) is 0 Å². The predicted molar refractivity (Wildman–Crippen MR) is 84.4 cm³/mol. The van der Waals surface area contributed by atoms with Crippen molar-refractivity contribution in [1.82, 2.24) is 20.1 Å². The molecule has 7 heteroatoms. The molecule has 0 bridgehead atoms. The van der Waals surface area contributed by atoms with Gasteiger partial charge in [0.2, 0.25) is 5.91 Å². The Labute approximate surface area is 133 Å². The summed E-state index contributed by atoms with van der Waals surface area (Å²) < 4.78 is 0. The van der Waals surface area contributed by atoms with Crippen LogP contribution >= 0.6 is 23.4 Å². The van der Waals surface area contributed by atoms with E-state index in [-0.39, 0.29) is 5.91 Å². The van der Waals surface area contributed by atoms with Crippen LogP contribution in [-0.2, 0) is 11.3 Å². The van der Waals surface area contributed by atoms with Gasteiger partial charge in [0.05, 0.1) is 11.6 Å². The minimum Gasteiger partial charge on any atom is -0.338 e. The van der Waals surface area contributed by atoms with Crippen molar-refractivity contribution in [2.45, 2.75) is 24.8 Å². The quantitative estimate of drug-likeness (QED) is 0.830. The number of carbonyl (C=O) groups excluding carboxylic acids is 1. The number of hydrogen-bond donors (Lipinski definition) is 1. The van der Waals surface area contributed by atoms with E-state index < -0.39 is 0 Å². The van der Waals surface area contributed by atoms with E-state index in [1.165, 1.54) is 0 Å². The molecule has 0 radical (unpaired) electrons. The number of amides is 1. The van der Waals surface area contributed by atoms with Crippen molar-refractivity contribution < 1.29 is 4.79 Å². The minimum atomic E-state index is 0.0667. The molecule has 1 aromatic carbocycles. The molecule has 21 heavy (non-hydrogen) atoms. The third-order valence-corrected chi connectivity index (χ3v) is 4.37. The first-order valence-electron chi connectivity index (χ1n) is 6.55. The van der Waals surface area contributed by atoms with Crippen LogP contribution in [-0.4, -0.2) is 38.8 Å². The molecule has 1 N–H and O–H groups in total. The Hall–Kier alpha value is -1.53. The van der Waals surface area contributed by atoms with Gasteiger partial charge in [-0.1, -0.05) is 23.7 Å². The topological polar surface area (TPSA) is 61.9 Å². The number of thioether (sulfide) groups is 1. The van der Waals surface area contributed by atoms with Crippen LogP contribution in [0.25, 0.3) is 0 Å². The smallest absolute Gasteiger partial charge is 0.223 e. The summed E-state index contributed by atoms with van der Waals surface area (Å²) in [6, 6.07) is 7.64. The molecule has 1 heterocycles. The highest BCUT2D eigenvalue weighted by Crippen LogP contribution is 2.27. The Morgan fingerprint density at radius 2 is 2.19 bits per heavy atom. The number of nitrogens with one attached hydrogen (secondary N) is 1. The number of benzene rings is 1. The molecule has 2 rings (SSSR count). The Morgan fingerprint density at radius 3 is 2.86 bits per heavy atom. The summed E-state index contributed by atoms with van der Waals surface area (Å²) in [6.45, 7) is 2.25. The molecule has 0 aliphatic heterocycles. The number of H-pyrrole nitrogens is 1. The van der Waals surface area contributed by atoms with Crippen molar-refractivity contribution in [2.24, 2.45) is 0 Å². The molecule has 5 nitrogen and oxygen atoms in total. The standard InChI is InChI=1S/C14H17ClN4OS/c1-10-16-13(18-17-10)9-19(2)14(20)7-8-21-12-6-4-3-5-11(12)15/h3-6H,7-9H2,1-2H3,(H,16,17,18). The Bertz CT molecular complexity index is 617. The zero-order chi connectivity index (χ0) is 15.2. The van der Waals surface area contributed by atoms with Gasteiger partial charge in [-0.25, -0.2) is 4.98 Å². The molecule has 0 saturated carbocycles. The number of nitrogens with zero attached hydrogens (tertiary/aromatic N) is 3. The summed E-state index contributed by atoms with van der Waals surface area (Å²) in [7, 11) is 1.76. The summed E-state index contributed by atoms with van der Waals surface area (Å²) in [6.07, 6.45) is 0.454. The normalized spacial score (nSPS) is 10.6. The average Bonchev–Trinajstić information content (AvgIpc) is 2.86. The molecule has 0 unspecified atom stereocenters. The molecule has 1 aromatic heterocycles. The van der Waals surface area contributed by atoms with Gasteiger partial charge >= 0.3 is 0 Å². The summed E-state index contributed by atoms with van der Waals surface area (Å²) in [4.78, 5) is 18.9. The lowest BCUT2D eigenvalue weighted by Crippen LogP contribution is -2.27. The van der Waals surface area contributed by atoms with E-state index in [2.05, 4.69) is 15.2 Å². The Kier molecular flexibility index (Phi) is 5.64. The molecular weight excluding hydrogens is 308 g/mol. The van der Waals surface area contributed by atoms with Crippen LogP contribution in [0, 0.1) is 6.92 Å². The average molecular weight is 325 g/mol. The monoisotopic (exact) mass is 324 g/mol. The van der Waals surface area contributed by atoms with Gasteiger partial charge in [-0.05, 0) is 19.1 Å². The molecule has 112 valence electrons. The van der Waals surface area contributed by atoms with Gasteiger partial charge in [-0.15, -0.1) is 11.8 Å². The lowest BCUT2D eigenvalue weighted by atomic mass is 10.4. The lowest BCUT2D eigenvalue weighted by molar-refractivity contribution is -0.130. The van der Waals surface area contributed by atoms with E-state index >= 15 is 0 Å². The van der Waals surface area contributed by atoms with Crippen molar-refractivity contribution in [2.75, 3.05) is 12.8 Å². The molecule has 1 amide bonds. The van der Waals surface area contributed by atoms with E-state index in [9.17, 15) is 4.79 Å². The number of aromatic amines is 1. The van der Waals surface area contributed by atoms with Gasteiger partial charge in [0, 0.05) is 24.1 Å². The fourth-order valence-electron chi connectivity index (χ4n) is 1.76. The highest BCUT2D eigenvalue weighted by Gasteiger charge is 2.12. The van der Waals surface area contributed by atoms with Crippen LogP contribution in [0.5, 0.6) is 0 Å². The number of aromatic nitrogens is 3. The number of rotatable bonds is 6. The maximum absolute atomic E-state index is 12.0. The van der Waals surface area contributed by atoms with Crippen molar-refractivity contribution in [1.29, 1.82) is 0 Å². The predicted octanol–water partition coefficient (Wildman–Crippen LogP) is 2.91. The summed E-state index contributed by atoms with van der Waals surface area (Å²) in [5.74, 6) is 2.14. The largest absolute Gasteiger partial charge is 0.338 e. The van der Waals surface area contributed by atoms with E-state index in [0.29, 0.717) is 24.5 Å². The Morgan fingerprint density at radius 1 is 1.43 bits per heavy atom. The van der Waals surface area contributed by atoms with Gasteiger partial charge in [-0.2, -0.15) is 5.10 Å². The van der Waals surface area contributed by atoms with Crippen LogP contribution in [0.4, 0.5) is 0 Å². The second-order valence-corrected chi connectivity index (χ2v) is 6.16. The third-order valence-electron chi connectivity index (χ3n) is 2.86. The number of carbonyl (C=O) groups is 1. The summed E-state index contributed by atoms with van der Waals surface area (Å²) >= 11 is 7.66. The SMILES string of the molecule is Cc1nc(CN(C)C(=O)CCSc2ccccc2Cl)n[nH]1. The number of aryl methyl sites for hydroxylation is 1. The van der Waals surface area contributed by atoms with E-state index in [4.69, 9.17) is 11.6 Å². The van der Waals surface area contributed by atoms with Gasteiger partial charge in [0.1, 0.15) is 5.82 Å². The van der Waals surface area contributed by atoms with Crippen molar-refractivity contribution in [3.8, 4) is 0 Å². The van der Waals surface area contributed by atoms with E-state index in [1.807, 2.05) is 31.2 Å². The summed E-state index contributed by atoms with van der Waals surface area (Å²) in [5, 5.41) is 7.51. The molecule has 0 fully saturated rings. The zero-order valence-corrected chi connectivity index (χ0v) is 13.5. The van der Waals surface area contributed by atoms with Crippen molar-refractivity contribution in [3.63, 3.8) is 0 Å². The lowest BCUT2D eigenvalue weighted by Gasteiger charge is -2.15. The first-order chi connectivity index (χ1) is 10.1. The van der Waals surface area contributed by atoms with Crippen LogP contribution in [0.15, 0.2) is 29.2 Å². The van der Waals surface area contributed by atoms with Gasteiger partial charge in [0.15, 0.2) is 5.82 Å². The minimum absolute atomic E-state index is 0.0667. The molecular formula is C14H17ClN4OS. The molecule has 2 aromatic rings. The second-order valence-electron chi connectivity index (χ2n) is 4.62.